The molecule has 2 rings (SSSR count). The second-order valence-corrected chi connectivity index (χ2v) is 5.47. The van der Waals surface area contributed by atoms with Gasteiger partial charge in [-0.3, -0.25) is 4.79 Å². The third-order valence-corrected chi connectivity index (χ3v) is 3.81. The van der Waals surface area contributed by atoms with Crippen LogP contribution in [0.15, 0.2) is 42.5 Å². The van der Waals surface area contributed by atoms with E-state index in [4.69, 9.17) is 17.3 Å². The molecule has 2 aromatic rings. The SMILES string of the molecule is Cc1ccccc1NC(C)(C(N)=O)c1ccc(F)c(Cl)c1. The van der Waals surface area contributed by atoms with E-state index >= 15 is 0 Å². The minimum atomic E-state index is -1.19. The average molecular weight is 307 g/mol. The van der Waals surface area contributed by atoms with Crippen molar-refractivity contribution in [1.29, 1.82) is 0 Å². The molecule has 0 aliphatic rings. The highest BCUT2D eigenvalue weighted by Crippen LogP contribution is 2.30. The normalized spacial score (nSPS) is 13.5. The summed E-state index contributed by atoms with van der Waals surface area (Å²) >= 11 is 5.80. The number of carbonyl (C=O) groups excluding carboxylic acids is 1. The monoisotopic (exact) mass is 306 g/mol. The quantitative estimate of drug-likeness (QED) is 0.907. The summed E-state index contributed by atoms with van der Waals surface area (Å²) in [5, 5.41) is 3.08. The summed E-state index contributed by atoms with van der Waals surface area (Å²) in [6, 6.07) is 11.6. The van der Waals surface area contributed by atoms with E-state index in [-0.39, 0.29) is 5.02 Å². The van der Waals surface area contributed by atoms with Crippen molar-refractivity contribution in [2.45, 2.75) is 19.4 Å². The van der Waals surface area contributed by atoms with E-state index in [1.54, 1.807) is 6.92 Å². The van der Waals surface area contributed by atoms with Crippen molar-refractivity contribution in [2.24, 2.45) is 5.73 Å². The maximum atomic E-state index is 13.3. The van der Waals surface area contributed by atoms with Gasteiger partial charge < -0.3 is 11.1 Å². The zero-order valence-corrected chi connectivity index (χ0v) is 12.5. The number of para-hydroxylation sites is 1. The Labute approximate surface area is 127 Å². The number of hydrogen-bond donors (Lipinski definition) is 2. The van der Waals surface area contributed by atoms with E-state index < -0.39 is 17.3 Å². The average Bonchev–Trinajstić information content (AvgIpc) is 2.44. The van der Waals surface area contributed by atoms with Crippen LogP contribution in [0.5, 0.6) is 0 Å². The van der Waals surface area contributed by atoms with Crippen LogP contribution in [0.1, 0.15) is 18.1 Å². The van der Waals surface area contributed by atoms with Gasteiger partial charge in [-0.05, 0) is 43.2 Å². The molecule has 0 radical (unpaired) electrons. The molecule has 0 aliphatic carbocycles. The molecule has 0 heterocycles. The second-order valence-electron chi connectivity index (χ2n) is 5.06. The van der Waals surface area contributed by atoms with Crippen molar-refractivity contribution in [2.75, 3.05) is 5.32 Å². The Balaban J connectivity index is 2.48. The van der Waals surface area contributed by atoms with Crippen LogP contribution >= 0.6 is 11.6 Å². The highest BCUT2D eigenvalue weighted by atomic mass is 35.5. The number of aryl methyl sites for hydroxylation is 1. The molecule has 21 heavy (non-hydrogen) atoms. The van der Waals surface area contributed by atoms with Gasteiger partial charge in [-0.25, -0.2) is 4.39 Å². The zero-order valence-electron chi connectivity index (χ0n) is 11.8. The summed E-state index contributed by atoms with van der Waals surface area (Å²) in [4.78, 5) is 12.0. The van der Waals surface area contributed by atoms with Crippen molar-refractivity contribution in [3.63, 3.8) is 0 Å². The number of benzene rings is 2. The predicted octanol–water partition coefficient (Wildman–Crippen LogP) is 3.60. The molecule has 0 saturated heterocycles. The van der Waals surface area contributed by atoms with Gasteiger partial charge in [-0.2, -0.15) is 0 Å². The number of carbonyl (C=O) groups is 1. The molecule has 1 atom stereocenters. The predicted molar refractivity (Wildman–Crippen MR) is 82.8 cm³/mol. The van der Waals surface area contributed by atoms with Crippen LogP contribution in [0.3, 0.4) is 0 Å². The van der Waals surface area contributed by atoms with Crippen LogP contribution in [0.4, 0.5) is 10.1 Å². The van der Waals surface area contributed by atoms with Crippen molar-refractivity contribution in [1.82, 2.24) is 0 Å². The number of primary amides is 1. The highest BCUT2D eigenvalue weighted by molar-refractivity contribution is 6.30. The second kappa shape index (κ2) is 5.74. The van der Waals surface area contributed by atoms with Crippen LogP contribution in [-0.4, -0.2) is 5.91 Å². The number of halogens is 2. The van der Waals surface area contributed by atoms with Crippen molar-refractivity contribution in [3.8, 4) is 0 Å². The molecule has 1 amide bonds. The first-order valence-corrected chi connectivity index (χ1v) is 6.81. The van der Waals surface area contributed by atoms with E-state index in [2.05, 4.69) is 5.32 Å². The smallest absolute Gasteiger partial charge is 0.247 e. The third kappa shape index (κ3) is 3.00. The lowest BCUT2D eigenvalue weighted by atomic mass is 9.90. The van der Waals surface area contributed by atoms with Gasteiger partial charge in [0.25, 0.3) is 0 Å². The first-order valence-electron chi connectivity index (χ1n) is 6.44. The Kier molecular flexibility index (Phi) is 4.19. The maximum Gasteiger partial charge on any atom is 0.247 e. The summed E-state index contributed by atoms with van der Waals surface area (Å²) in [6.45, 7) is 3.56. The molecule has 3 N–H and O–H groups in total. The van der Waals surface area contributed by atoms with Crippen LogP contribution in [-0.2, 0) is 10.3 Å². The molecule has 110 valence electrons. The number of rotatable bonds is 4. The Morgan fingerprint density at radius 1 is 1.29 bits per heavy atom. The molecular weight excluding hydrogens is 291 g/mol. The fraction of sp³-hybridized carbons (Fsp3) is 0.188. The molecule has 3 nitrogen and oxygen atoms in total. The number of nitrogens with one attached hydrogen (secondary N) is 1. The fourth-order valence-corrected chi connectivity index (χ4v) is 2.25. The van der Waals surface area contributed by atoms with Gasteiger partial charge in [0.15, 0.2) is 0 Å². The largest absolute Gasteiger partial charge is 0.368 e. The number of anilines is 1. The third-order valence-electron chi connectivity index (χ3n) is 3.52. The van der Waals surface area contributed by atoms with Crippen molar-refractivity contribution in [3.05, 3.63) is 64.4 Å². The zero-order chi connectivity index (χ0) is 15.6. The fourth-order valence-electron chi connectivity index (χ4n) is 2.07. The summed E-state index contributed by atoms with van der Waals surface area (Å²) in [6.07, 6.45) is 0. The number of hydrogen-bond acceptors (Lipinski definition) is 2. The lowest BCUT2D eigenvalue weighted by Crippen LogP contribution is -2.45. The summed E-state index contributed by atoms with van der Waals surface area (Å²) in [5.41, 5.74) is 6.61. The van der Waals surface area contributed by atoms with Gasteiger partial charge in [0.2, 0.25) is 5.91 Å². The number of nitrogens with two attached hydrogens (primary N) is 1. The van der Waals surface area contributed by atoms with E-state index in [0.717, 1.165) is 11.3 Å². The summed E-state index contributed by atoms with van der Waals surface area (Å²) < 4.78 is 13.3. The van der Waals surface area contributed by atoms with E-state index in [1.165, 1.54) is 18.2 Å². The lowest BCUT2D eigenvalue weighted by molar-refractivity contribution is -0.122. The van der Waals surface area contributed by atoms with Gasteiger partial charge in [0.1, 0.15) is 11.4 Å². The van der Waals surface area contributed by atoms with Crippen LogP contribution in [0.25, 0.3) is 0 Å². The van der Waals surface area contributed by atoms with Crippen molar-refractivity contribution < 1.29 is 9.18 Å². The Morgan fingerprint density at radius 3 is 2.52 bits per heavy atom. The van der Waals surface area contributed by atoms with Gasteiger partial charge in [-0.1, -0.05) is 35.9 Å². The molecule has 0 aliphatic heterocycles. The van der Waals surface area contributed by atoms with Crippen LogP contribution < -0.4 is 11.1 Å². The van der Waals surface area contributed by atoms with Crippen LogP contribution in [0.2, 0.25) is 5.02 Å². The molecule has 0 spiro atoms. The highest BCUT2D eigenvalue weighted by Gasteiger charge is 2.34. The number of amides is 1. The lowest BCUT2D eigenvalue weighted by Gasteiger charge is -2.30. The van der Waals surface area contributed by atoms with Gasteiger partial charge in [-0.15, -0.1) is 0 Å². The Hall–Kier alpha value is -2.07. The first kappa shape index (κ1) is 15.3. The Bertz CT molecular complexity index is 690. The molecule has 1 unspecified atom stereocenters. The van der Waals surface area contributed by atoms with Crippen LogP contribution in [0, 0.1) is 12.7 Å². The minimum Gasteiger partial charge on any atom is -0.368 e. The first-order chi connectivity index (χ1) is 9.84. The molecule has 0 aromatic heterocycles. The van der Waals surface area contributed by atoms with Gasteiger partial charge in [0, 0.05) is 5.69 Å². The molecule has 0 bridgehead atoms. The Morgan fingerprint density at radius 2 is 1.95 bits per heavy atom. The molecule has 0 saturated carbocycles. The van der Waals surface area contributed by atoms with Crippen molar-refractivity contribution >= 4 is 23.2 Å². The van der Waals surface area contributed by atoms with E-state index in [1.807, 2.05) is 31.2 Å². The standard InChI is InChI=1S/C16H16ClFN2O/c1-10-5-3-4-6-14(10)20-16(2,15(19)21)11-7-8-13(18)12(17)9-11/h3-9,20H,1-2H3,(H2,19,21). The summed E-state index contributed by atoms with van der Waals surface area (Å²) in [7, 11) is 0. The molecule has 2 aromatic carbocycles. The molecule has 0 fully saturated rings. The minimum absolute atomic E-state index is 0.0495. The molecular formula is C16H16ClFN2O. The maximum absolute atomic E-state index is 13.3. The topological polar surface area (TPSA) is 55.1 Å². The molecule has 5 heteroatoms. The van der Waals surface area contributed by atoms with Gasteiger partial charge >= 0.3 is 0 Å². The van der Waals surface area contributed by atoms with Gasteiger partial charge in [0.05, 0.1) is 5.02 Å². The van der Waals surface area contributed by atoms with E-state index in [9.17, 15) is 9.18 Å². The van der Waals surface area contributed by atoms with E-state index in [0.29, 0.717) is 5.56 Å². The summed E-state index contributed by atoms with van der Waals surface area (Å²) in [5.74, 6) is -1.11.